The van der Waals surface area contributed by atoms with Gasteiger partial charge in [-0.25, -0.2) is 10.9 Å². The highest BCUT2D eigenvalue weighted by Crippen LogP contribution is 2.14. The average Bonchev–Trinajstić information content (AvgIpc) is 3.30. The Labute approximate surface area is 155 Å². The maximum Gasteiger partial charge on any atom is 0.433 e. The van der Waals surface area contributed by atoms with Gasteiger partial charge in [0.25, 0.3) is 0 Å². The summed E-state index contributed by atoms with van der Waals surface area (Å²) in [5.74, 6) is -1.96. The van der Waals surface area contributed by atoms with Crippen LogP contribution in [-0.4, -0.2) is 34.1 Å². The van der Waals surface area contributed by atoms with E-state index >= 15 is 0 Å². The Morgan fingerprint density at radius 3 is 1.57 bits per heavy atom. The summed E-state index contributed by atoms with van der Waals surface area (Å²) in [6.45, 7) is 0. The average molecular weight is 392 g/mol. The third-order valence-electron chi connectivity index (χ3n) is 2.93. The highest BCUT2D eigenvalue weighted by Gasteiger charge is 2.11. The molecule has 2 N–H and O–H groups in total. The lowest BCUT2D eigenvalue weighted by atomic mass is 10.3. The molecule has 2 rings (SSSR count). The molecule has 2 amide bonds. The zero-order chi connectivity index (χ0) is 20.5. The molecule has 0 saturated heterocycles. The third kappa shape index (κ3) is 6.17. The molecule has 146 valence electrons. The van der Waals surface area contributed by atoms with Gasteiger partial charge in [-0.3, -0.25) is 29.8 Å². The highest BCUT2D eigenvalue weighted by molar-refractivity contribution is 5.85. The smallest absolute Gasteiger partial charge is 0.400 e. The molecule has 0 fully saturated rings. The number of hydrogen-bond acceptors (Lipinski definition) is 10. The Bertz CT molecular complexity index is 867. The van der Waals surface area contributed by atoms with E-state index in [0.29, 0.717) is 0 Å². The summed E-state index contributed by atoms with van der Waals surface area (Å²) in [6.07, 6.45) is 1.72. The van der Waals surface area contributed by atoms with Gasteiger partial charge in [-0.15, -0.1) is 0 Å². The van der Waals surface area contributed by atoms with Crippen LogP contribution in [0, 0.1) is 20.2 Å². The van der Waals surface area contributed by atoms with Crippen LogP contribution in [0.4, 0.5) is 11.8 Å². The summed E-state index contributed by atoms with van der Waals surface area (Å²) in [4.78, 5) is 42.6. The molecule has 0 unspecified atom stereocenters. The minimum absolute atomic E-state index is 0.0669. The zero-order valence-electron chi connectivity index (χ0n) is 13.9. The van der Waals surface area contributed by atoms with Crippen molar-refractivity contribution in [1.82, 2.24) is 10.9 Å². The third-order valence-corrected chi connectivity index (χ3v) is 2.93. The number of rotatable bonds is 9. The highest BCUT2D eigenvalue weighted by atomic mass is 16.7. The largest absolute Gasteiger partial charge is 0.433 e. The van der Waals surface area contributed by atoms with Crippen LogP contribution in [-0.2, 0) is 9.59 Å². The molecule has 0 bridgehead atoms. The van der Waals surface area contributed by atoms with Crippen LogP contribution >= 0.6 is 0 Å². The van der Waals surface area contributed by atoms with Crippen molar-refractivity contribution in [3.63, 3.8) is 0 Å². The van der Waals surface area contributed by atoms with Gasteiger partial charge in [0, 0.05) is 12.8 Å². The van der Waals surface area contributed by atoms with Crippen LogP contribution in [0.2, 0.25) is 0 Å². The molecule has 0 aliphatic carbocycles. The molecule has 14 heteroatoms. The summed E-state index contributed by atoms with van der Waals surface area (Å²) >= 11 is 0. The first-order valence-corrected chi connectivity index (χ1v) is 7.47. The number of hydrazone groups is 2. The zero-order valence-corrected chi connectivity index (χ0v) is 13.9. The molecule has 2 heterocycles. The van der Waals surface area contributed by atoms with E-state index in [1.165, 1.54) is 12.1 Å². The Kier molecular flexibility index (Phi) is 6.68. The van der Waals surface area contributed by atoms with Crippen molar-refractivity contribution in [3.8, 4) is 0 Å². The molecular formula is C14H12N6O8. The number of hydrogen-bond donors (Lipinski definition) is 2. The van der Waals surface area contributed by atoms with E-state index in [4.69, 9.17) is 8.83 Å². The Morgan fingerprint density at radius 1 is 0.857 bits per heavy atom. The minimum Gasteiger partial charge on any atom is -0.400 e. The van der Waals surface area contributed by atoms with Gasteiger partial charge in [0.15, 0.2) is 11.5 Å². The van der Waals surface area contributed by atoms with E-state index in [0.717, 1.165) is 24.6 Å². The fraction of sp³-hybridized carbons (Fsp3) is 0.143. The van der Waals surface area contributed by atoms with E-state index in [1.54, 1.807) is 0 Å². The lowest BCUT2D eigenvalue weighted by Gasteiger charge is -1.99. The van der Waals surface area contributed by atoms with Crippen LogP contribution < -0.4 is 10.9 Å². The van der Waals surface area contributed by atoms with E-state index < -0.39 is 33.4 Å². The molecule has 0 atom stereocenters. The fourth-order valence-corrected chi connectivity index (χ4v) is 1.69. The van der Waals surface area contributed by atoms with E-state index in [1.807, 2.05) is 0 Å². The van der Waals surface area contributed by atoms with Gasteiger partial charge in [0.2, 0.25) is 11.8 Å². The molecule has 2 aromatic rings. The normalized spacial score (nSPS) is 11.0. The number of nitrogens with one attached hydrogen (secondary N) is 2. The molecular weight excluding hydrogens is 380 g/mol. The Hall–Kier alpha value is -4.36. The molecule has 0 saturated carbocycles. The predicted octanol–water partition coefficient (Wildman–Crippen LogP) is 1.07. The molecule has 0 aliphatic rings. The van der Waals surface area contributed by atoms with Crippen molar-refractivity contribution in [2.45, 2.75) is 12.8 Å². The summed E-state index contributed by atoms with van der Waals surface area (Å²) < 4.78 is 9.59. The van der Waals surface area contributed by atoms with Gasteiger partial charge in [0.05, 0.1) is 24.6 Å². The summed E-state index contributed by atoms with van der Waals surface area (Å²) in [7, 11) is 0. The summed E-state index contributed by atoms with van der Waals surface area (Å²) in [5.41, 5.74) is 4.25. The van der Waals surface area contributed by atoms with Gasteiger partial charge >= 0.3 is 11.8 Å². The second-order valence-corrected chi connectivity index (χ2v) is 4.95. The van der Waals surface area contributed by atoms with Gasteiger partial charge in [-0.05, 0) is 12.1 Å². The topological polar surface area (TPSA) is 195 Å². The summed E-state index contributed by atoms with van der Waals surface area (Å²) in [6, 6.07) is 4.86. The second kappa shape index (κ2) is 9.37. The molecule has 0 aromatic carbocycles. The van der Waals surface area contributed by atoms with Crippen molar-refractivity contribution in [1.29, 1.82) is 0 Å². The van der Waals surface area contributed by atoms with Crippen LogP contribution in [0.25, 0.3) is 0 Å². The number of amides is 2. The van der Waals surface area contributed by atoms with Crippen molar-refractivity contribution >= 4 is 36.0 Å². The monoisotopic (exact) mass is 392 g/mol. The van der Waals surface area contributed by atoms with Gasteiger partial charge < -0.3 is 8.83 Å². The number of carbonyl (C=O) groups is 2. The maximum atomic E-state index is 11.6. The van der Waals surface area contributed by atoms with Crippen LogP contribution in [0.1, 0.15) is 24.4 Å². The van der Waals surface area contributed by atoms with Crippen molar-refractivity contribution < 1.29 is 28.3 Å². The van der Waals surface area contributed by atoms with Gasteiger partial charge in [-0.2, -0.15) is 10.2 Å². The first-order valence-electron chi connectivity index (χ1n) is 7.47. The number of nitro groups is 2. The Balaban J connectivity index is 1.69. The van der Waals surface area contributed by atoms with Crippen molar-refractivity contribution in [3.05, 3.63) is 56.0 Å². The van der Waals surface area contributed by atoms with Crippen molar-refractivity contribution in [2.24, 2.45) is 10.2 Å². The van der Waals surface area contributed by atoms with E-state index in [9.17, 15) is 29.8 Å². The van der Waals surface area contributed by atoms with Gasteiger partial charge in [0.1, 0.15) is 9.85 Å². The molecule has 2 aromatic heterocycles. The van der Waals surface area contributed by atoms with E-state index in [-0.39, 0.29) is 24.4 Å². The van der Waals surface area contributed by atoms with E-state index in [2.05, 4.69) is 21.1 Å². The number of carbonyl (C=O) groups excluding carboxylic acids is 2. The first kappa shape index (κ1) is 20.0. The maximum absolute atomic E-state index is 11.6. The number of furan rings is 2. The molecule has 28 heavy (non-hydrogen) atoms. The molecule has 0 spiro atoms. The first-order chi connectivity index (χ1) is 13.3. The van der Waals surface area contributed by atoms with Gasteiger partial charge in [-0.1, -0.05) is 0 Å². The summed E-state index contributed by atoms with van der Waals surface area (Å²) in [5, 5.41) is 28.0. The molecule has 0 radical (unpaired) electrons. The Morgan fingerprint density at radius 2 is 1.25 bits per heavy atom. The SMILES string of the molecule is O=C(CCC(=O)N/N=C/c1ccc([N+](=O)[O-])o1)N/N=C/c1ccc([N+](=O)[O-])o1. The molecule has 0 aliphatic heterocycles. The van der Waals surface area contributed by atoms with Crippen LogP contribution in [0.5, 0.6) is 0 Å². The van der Waals surface area contributed by atoms with Crippen LogP contribution in [0.3, 0.4) is 0 Å². The lowest BCUT2D eigenvalue weighted by molar-refractivity contribution is -0.402. The number of nitrogens with zero attached hydrogens (tertiary/aromatic N) is 4. The standard InChI is InChI=1S/C14H12N6O8/c21-11(17-15-7-9-1-5-13(27-9)19(23)24)3-4-12(22)18-16-8-10-2-6-14(28-10)20(25)26/h1-2,5-8H,3-4H2,(H,17,21)(H,18,22)/b15-7+,16-8+. The van der Waals surface area contributed by atoms with Crippen LogP contribution in [0.15, 0.2) is 43.3 Å². The predicted molar refractivity (Wildman–Crippen MR) is 91.4 cm³/mol. The minimum atomic E-state index is -0.718. The quantitative estimate of drug-likeness (QED) is 0.359. The second-order valence-electron chi connectivity index (χ2n) is 4.95. The lowest BCUT2D eigenvalue weighted by Crippen LogP contribution is -2.22. The molecule has 14 nitrogen and oxygen atoms in total. The van der Waals surface area contributed by atoms with Crippen molar-refractivity contribution in [2.75, 3.05) is 0 Å². The fourth-order valence-electron chi connectivity index (χ4n) is 1.69.